The zero-order chi connectivity index (χ0) is 29.8. The number of fused-ring (bicyclic) bond motifs is 9. The highest BCUT2D eigenvalue weighted by atomic mass is 14.4. The summed E-state index contributed by atoms with van der Waals surface area (Å²) in [5, 5.41) is 5.37. The Morgan fingerprint density at radius 2 is 0.886 bits per heavy atom. The molecule has 0 aliphatic heterocycles. The van der Waals surface area contributed by atoms with Gasteiger partial charge in [0.15, 0.2) is 0 Å². The molecule has 210 valence electrons. The van der Waals surface area contributed by atoms with Gasteiger partial charge in [-0.3, -0.25) is 0 Å². The van der Waals surface area contributed by atoms with Crippen molar-refractivity contribution in [3.63, 3.8) is 0 Å². The van der Waals surface area contributed by atoms with Gasteiger partial charge in [0.25, 0.3) is 0 Å². The average Bonchev–Trinajstić information content (AvgIpc) is 3.43. The maximum atomic E-state index is 2.53. The van der Waals surface area contributed by atoms with Gasteiger partial charge in [-0.1, -0.05) is 149 Å². The molecule has 0 bridgehead atoms. The number of hydrogen-bond donors (Lipinski definition) is 0. The molecule has 0 atom stereocenters. The van der Waals surface area contributed by atoms with Crippen LogP contribution in [0.5, 0.6) is 0 Å². The number of benzene rings is 7. The van der Waals surface area contributed by atoms with Gasteiger partial charge in [-0.15, -0.1) is 0 Å². The molecule has 0 amide bonds. The van der Waals surface area contributed by atoms with Crippen molar-refractivity contribution in [3.8, 4) is 44.5 Å². The molecular formula is C44H34. The van der Waals surface area contributed by atoms with Crippen LogP contribution in [0.15, 0.2) is 133 Å². The molecule has 9 rings (SSSR count). The first-order valence-corrected chi connectivity index (χ1v) is 15.8. The van der Waals surface area contributed by atoms with Crippen molar-refractivity contribution in [2.45, 2.75) is 38.5 Å². The Kier molecular flexibility index (Phi) is 5.11. The Labute approximate surface area is 259 Å². The summed E-state index contributed by atoms with van der Waals surface area (Å²) in [5.41, 5.74) is 16.1. The molecule has 7 aromatic carbocycles. The SMILES string of the molecule is CC1(C)c2ccccc2-c2cc3c(-c4ccccc4)c4c5c(ccc4c(-c4ccccc4)c3cc21)-c1ccccc1C5(C)C. The van der Waals surface area contributed by atoms with Gasteiger partial charge in [0, 0.05) is 10.8 Å². The molecule has 0 saturated carbocycles. The molecule has 0 heteroatoms. The minimum Gasteiger partial charge on any atom is -0.0622 e. The molecule has 0 N–H and O–H groups in total. The lowest BCUT2D eigenvalue weighted by Crippen LogP contribution is -2.16. The van der Waals surface area contributed by atoms with Crippen LogP contribution in [0.1, 0.15) is 49.9 Å². The van der Waals surface area contributed by atoms with Gasteiger partial charge in [0.1, 0.15) is 0 Å². The monoisotopic (exact) mass is 562 g/mol. The summed E-state index contributed by atoms with van der Waals surface area (Å²) in [7, 11) is 0. The maximum Gasteiger partial charge on any atom is 0.0165 e. The Hall–Kier alpha value is -4.94. The fourth-order valence-electron chi connectivity index (χ4n) is 8.60. The lowest BCUT2D eigenvalue weighted by molar-refractivity contribution is 0.661. The van der Waals surface area contributed by atoms with E-state index >= 15 is 0 Å². The molecule has 0 saturated heterocycles. The quantitative estimate of drug-likeness (QED) is 0.184. The fraction of sp³-hybridized carbons (Fsp3) is 0.136. The van der Waals surface area contributed by atoms with Gasteiger partial charge < -0.3 is 0 Å². The van der Waals surface area contributed by atoms with Crippen LogP contribution in [-0.4, -0.2) is 0 Å². The predicted molar refractivity (Wildman–Crippen MR) is 187 cm³/mol. The molecule has 0 unspecified atom stereocenters. The van der Waals surface area contributed by atoms with Crippen LogP contribution in [0.2, 0.25) is 0 Å². The summed E-state index contributed by atoms with van der Waals surface area (Å²) in [5.74, 6) is 0. The molecule has 7 aromatic rings. The summed E-state index contributed by atoms with van der Waals surface area (Å²) >= 11 is 0. The van der Waals surface area contributed by atoms with Crippen molar-refractivity contribution in [1.82, 2.24) is 0 Å². The van der Waals surface area contributed by atoms with Gasteiger partial charge in [0.05, 0.1) is 0 Å². The van der Waals surface area contributed by atoms with Crippen LogP contribution < -0.4 is 0 Å². The topological polar surface area (TPSA) is 0 Å². The van der Waals surface area contributed by atoms with E-state index < -0.39 is 0 Å². The highest BCUT2D eigenvalue weighted by Crippen LogP contribution is 2.57. The van der Waals surface area contributed by atoms with Crippen LogP contribution in [0.4, 0.5) is 0 Å². The van der Waals surface area contributed by atoms with Crippen LogP contribution in [0.3, 0.4) is 0 Å². The summed E-state index contributed by atoms with van der Waals surface area (Å²) in [6.45, 7) is 9.61. The van der Waals surface area contributed by atoms with Crippen molar-refractivity contribution in [1.29, 1.82) is 0 Å². The number of rotatable bonds is 2. The van der Waals surface area contributed by atoms with Gasteiger partial charge in [-0.25, -0.2) is 0 Å². The zero-order valence-corrected chi connectivity index (χ0v) is 25.7. The van der Waals surface area contributed by atoms with Gasteiger partial charge in [-0.05, 0) is 100 Å². The second-order valence-electron chi connectivity index (χ2n) is 13.7. The van der Waals surface area contributed by atoms with Crippen LogP contribution >= 0.6 is 0 Å². The third-order valence-electron chi connectivity index (χ3n) is 10.6. The van der Waals surface area contributed by atoms with Gasteiger partial charge >= 0.3 is 0 Å². The van der Waals surface area contributed by atoms with Crippen molar-refractivity contribution < 1.29 is 0 Å². The minimum absolute atomic E-state index is 0.0719. The molecule has 0 radical (unpaired) electrons. The van der Waals surface area contributed by atoms with Crippen LogP contribution in [-0.2, 0) is 10.8 Å². The highest BCUT2D eigenvalue weighted by Gasteiger charge is 2.40. The average molecular weight is 563 g/mol. The van der Waals surface area contributed by atoms with Crippen molar-refractivity contribution >= 4 is 21.5 Å². The van der Waals surface area contributed by atoms with E-state index in [9.17, 15) is 0 Å². The lowest BCUT2D eigenvalue weighted by Gasteiger charge is -2.28. The molecule has 2 aliphatic rings. The standard InChI is InChI=1S/C44H34/c1-43(2)36-21-13-12-20-30(36)33-25-34-35(26-38(33)43)39(27-15-7-5-8-16-27)32-24-23-31-29-19-11-14-22-37(29)44(3,4)42(31)41(32)40(34)28-17-9-6-10-18-28/h5-26H,1-4H3. The maximum absolute atomic E-state index is 2.53. The van der Waals surface area contributed by atoms with E-state index in [4.69, 9.17) is 0 Å². The van der Waals surface area contributed by atoms with Crippen molar-refractivity contribution in [3.05, 3.63) is 156 Å². The third-order valence-corrected chi connectivity index (χ3v) is 10.6. The molecule has 0 heterocycles. The molecule has 0 nitrogen and oxygen atoms in total. The summed E-state index contributed by atoms with van der Waals surface area (Å²) in [6, 6.07) is 50.1. The molecular weight excluding hydrogens is 528 g/mol. The van der Waals surface area contributed by atoms with Crippen LogP contribution in [0, 0.1) is 0 Å². The normalized spacial score (nSPS) is 15.2. The summed E-state index contributed by atoms with van der Waals surface area (Å²) in [4.78, 5) is 0. The van der Waals surface area contributed by atoms with Crippen molar-refractivity contribution in [2.75, 3.05) is 0 Å². The smallest absolute Gasteiger partial charge is 0.0165 e. The van der Waals surface area contributed by atoms with E-state index in [2.05, 4.69) is 161 Å². The fourth-order valence-corrected chi connectivity index (χ4v) is 8.60. The summed E-state index contributed by atoms with van der Waals surface area (Å²) < 4.78 is 0. The van der Waals surface area contributed by atoms with E-state index in [0.29, 0.717) is 0 Å². The predicted octanol–water partition coefficient (Wildman–Crippen LogP) is 11.9. The highest BCUT2D eigenvalue weighted by molar-refractivity contribution is 6.24. The number of hydrogen-bond acceptors (Lipinski definition) is 0. The Morgan fingerprint density at radius 1 is 0.364 bits per heavy atom. The minimum atomic E-state index is -0.137. The first kappa shape index (κ1) is 25.5. The molecule has 0 spiro atoms. The van der Waals surface area contributed by atoms with Crippen LogP contribution in [0.25, 0.3) is 66.1 Å². The Morgan fingerprint density at radius 3 is 1.55 bits per heavy atom. The largest absolute Gasteiger partial charge is 0.0622 e. The van der Waals surface area contributed by atoms with E-state index in [-0.39, 0.29) is 10.8 Å². The molecule has 44 heavy (non-hydrogen) atoms. The second-order valence-corrected chi connectivity index (χ2v) is 13.7. The van der Waals surface area contributed by atoms with E-state index in [1.165, 1.54) is 88.3 Å². The lowest BCUT2D eigenvalue weighted by atomic mass is 9.75. The molecule has 0 aromatic heterocycles. The molecule has 2 aliphatic carbocycles. The second kappa shape index (κ2) is 8.80. The van der Waals surface area contributed by atoms with Gasteiger partial charge in [0.2, 0.25) is 0 Å². The third kappa shape index (κ3) is 3.23. The van der Waals surface area contributed by atoms with Crippen molar-refractivity contribution in [2.24, 2.45) is 0 Å². The molecule has 0 fully saturated rings. The first-order chi connectivity index (χ1) is 21.4. The van der Waals surface area contributed by atoms with E-state index in [1.807, 2.05) is 0 Å². The summed E-state index contributed by atoms with van der Waals surface area (Å²) in [6.07, 6.45) is 0. The van der Waals surface area contributed by atoms with E-state index in [0.717, 1.165) is 0 Å². The Balaban J connectivity index is 1.55. The van der Waals surface area contributed by atoms with Gasteiger partial charge in [-0.2, -0.15) is 0 Å². The Bertz CT molecular complexity index is 2300. The first-order valence-electron chi connectivity index (χ1n) is 15.8. The van der Waals surface area contributed by atoms with E-state index in [1.54, 1.807) is 0 Å². The zero-order valence-electron chi connectivity index (χ0n) is 25.7.